The van der Waals surface area contributed by atoms with E-state index in [1.165, 1.54) is 6.08 Å². The molecule has 0 heterocycles. The molecular formula is C20H24N2O2. The van der Waals surface area contributed by atoms with E-state index in [0.29, 0.717) is 11.4 Å². The molecular weight excluding hydrogens is 300 g/mol. The molecule has 0 bridgehead atoms. The van der Waals surface area contributed by atoms with E-state index in [9.17, 15) is 4.79 Å². The molecule has 3 N–H and O–H groups in total. The summed E-state index contributed by atoms with van der Waals surface area (Å²) >= 11 is 0. The van der Waals surface area contributed by atoms with Crippen molar-refractivity contribution in [3.05, 3.63) is 59.2 Å². The van der Waals surface area contributed by atoms with E-state index in [0.717, 1.165) is 22.4 Å². The van der Waals surface area contributed by atoms with Gasteiger partial charge in [-0.15, -0.1) is 0 Å². The quantitative estimate of drug-likeness (QED) is 0.636. The molecule has 0 aromatic heterocycles. The smallest absolute Gasteiger partial charge is 0.248 e. The zero-order chi connectivity index (χ0) is 17.7. The van der Waals surface area contributed by atoms with Crippen LogP contribution in [0.25, 0.3) is 6.08 Å². The number of anilines is 2. The van der Waals surface area contributed by atoms with Crippen LogP contribution in [0.3, 0.4) is 0 Å². The fourth-order valence-corrected chi connectivity index (χ4v) is 2.43. The first-order valence-electron chi connectivity index (χ1n) is 7.97. The van der Waals surface area contributed by atoms with Gasteiger partial charge in [0.15, 0.2) is 0 Å². The molecule has 4 heteroatoms. The molecule has 1 amide bonds. The predicted molar refractivity (Wildman–Crippen MR) is 100 cm³/mol. The summed E-state index contributed by atoms with van der Waals surface area (Å²) in [5, 5.41) is 2.86. The van der Waals surface area contributed by atoms with Gasteiger partial charge in [-0.2, -0.15) is 0 Å². The fourth-order valence-electron chi connectivity index (χ4n) is 2.43. The molecule has 126 valence electrons. The fraction of sp³-hybridized carbons (Fsp3) is 0.250. The van der Waals surface area contributed by atoms with Gasteiger partial charge in [0.05, 0.1) is 11.8 Å². The lowest BCUT2D eigenvalue weighted by Crippen LogP contribution is -2.08. The summed E-state index contributed by atoms with van der Waals surface area (Å²) in [6, 6.07) is 11.4. The highest BCUT2D eigenvalue weighted by Crippen LogP contribution is 2.24. The highest BCUT2D eigenvalue weighted by Gasteiger charge is 2.04. The third-order valence-electron chi connectivity index (χ3n) is 3.31. The van der Waals surface area contributed by atoms with Crippen molar-refractivity contribution in [2.45, 2.75) is 33.8 Å². The van der Waals surface area contributed by atoms with Crippen LogP contribution in [0.4, 0.5) is 11.4 Å². The number of nitrogens with one attached hydrogen (secondary N) is 1. The highest BCUT2D eigenvalue weighted by atomic mass is 16.5. The van der Waals surface area contributed by atoms with Crippen LogP contribution in [0.1, 0.15) is 30.5 Å². The second kappa shape index (κ2) is 7.68. The van der Waals surface area contributed by atoms with Crippen LogP contribution in [0.5, 0.6) is 5.75 Å². The highest BCUT2D eigenvalue weighted by molar-refractivity contribution is 6.02. The van der Waals surface area contributed by atoms with Crippen molar-refractivity contribution >= 4 is 23.4 Å². The van der Waals surface area contributed by atoms with Crippen molar-refractivity contribution in [2.75, 3.05) is 11.1 Å². The topological polar surface area (TPSA) is 64.3 Å². The SMILES string of the molecule is Cc1cc(C)cc(NC(=O)/C=C\c2ccc(OC(C)C)c(N)c2)c1. The summed E-state index contributed by atoms with van der Waals surface area (Å²) < 4.78 is 5.60. The standard InChI is InChI=1S/C20H24N2O2/c1-13(2)24-19-7-5-16(12-18(19)21)6-8-20(23)22-17-10-14(3)9-15(4)11-17/h5-13H,21H2,1-4H3,(H,22,23)/b8-6-. The van der Waals surface area contributed by atoms with E-state index >= 15 is 0 Å². The Labute approximate surface area is 143 Å². The van der Waals surface area contributed by atoms with Gasteiger partial charge in [-0.1, -0.05) is 12.1 Å². The van der Waals surface area contributed by atoms with E-state index in [2.05, 4.69) is 11.4 Å². The summed E-state index contributed by atoms with van der Waals surface area (Å²) in [4.78, 5) is 12.1. The van der Waals surface area contributed by atoms with Crippen molar-refractivity contribution in [1.82, 2.24) is 0 Å². The number of carbonyl (C=O) groups excluding carboxylic acids is 1. The third kappa shape index (κ3) is 5.16. The van der Waals surface area contributed by atoms with Gasteiger partial charge in [-0.3, -0.25) is 4.79 Å². The number of ether oxygens (including phenoxy) is 1. The Morgan fingerprint density at radius 1 is 1.12 bits per heavy atom. The first-order valence-corrected chi connectivity index (χ1v) is 7.97. The lowest BCUT2D eigenvalue weighted by molar-refractivity contribution is -0.111. The first kappa shape index (κ1) is 17.6. The summed E-state index contributed by atoms with van der Waals surface area (Å²) in [5.74, 6) is 0.475. The van der Waals surface area contributed by atoms with E-state index in [1.807, 2.05) is 52.0 Å². The zero-order valence-electron chi connectivity index (χ0n) is 14.6. The van der Waals surface area contributed by atoms with Crippen LogP contribution in [0, 0.1) is 13.8 Å². The number of nitrogen functional groups attached to an aromatic ring is 1. The molecule has 2 aromatic rings. The lowest BCUT2D eigenvalue weighted by atomic mass is 10.1. The van der Waals surface area contributed by atoms with Gasteiger partial charge in [0, 0.05) is 11.8 Å². The van der Waals surface area contributed by atoms with Gasteiger partial charge < -0.3 is 15.8 Å². The van der Waals surface area contributed by atoms with E-state index in [-0.39, 0.29) is 12.0 Å². The van der Waals surface area contributed by atoms with Crippen molar-refractivity contribution in [3.8, 4) is 5.75 Å². The maximum Gasteiger partial charge on any atom is 0.248 e. The molecule has 0 aliphatic rings. The normalized spacial score (nSPS) is 11.0. The minimum absolute atomic E-state index is 0.0669. The maximum absolute atomic E-state index is 12.1. The van der Waals surface area contributed by atoms with Crippen molar-refractivity contribution in [1.29, 1.82) is 0 Å². The molecule has 4 nitrogen and oxygen atoms in total. The molecule has 0 spiro atoms. The van der Waals surface area contributed by atoms with Crippen LogP contribution in [0.2, 0.25) is 0 Å². The molecule has 0 saturated carbocycles. The monoisotopic (exact) mass is 324 g/mol. The van der Waals surface area contributed by atoms with Crippen LogP contribution in [0.15, 0.2) is 42.5 Å². The number of hydrogen-bond donors (Lipinski definition) is 2. The van der Waals surface area contributed by atoms with Crippen molar-refractivity contribution < 1.29 is 9.53 Å². The summed E-state index contributed by atoms with van der Waals surface area (Å²) in [6.07, 6.45) is 3.29. The number of hydrogen-bond acceptors (Lipinski definition) is 3. The number of rotatable bonds is 5. The minimum Gasteiger partial charge on any atom is -0.489 e. The van der Waals surface area contributed by atoms with Crippen molar-refractivity contribution in [3.63, 3.8) is 0 Å². The molecule has 0 fully saturated rings. The molecule has 2 aromatic carbocycles. The van der Waals surface area contributed by atoms with Gasteiger partial charge in [0.25, 0.3) is 0 Å². The molecule has 2 rings (SSSR count). The summed E-state index contributed by atoms with van der Waals surface area (Å²) in [5.41, 5.74) is 10.4. The molecule has 24 heavy (non-hydrogen) atoms. The Hall–Kier alpha value is -2.75. The Kier molecular flexibility index (Phi) is 5.64. The molecule has 0 radical (unpaired) electrons. The third-order valence-corrected chi connectivity index (χ3v) is 3.31. The second-order valence-electron chi connectivity index (χ2n) is 6.16. The van der Waals surface area contributed by atoms with E-state index < -0.39 is 0 Å². The van der Waals surface area contributed by atoms with Crippen LogP contribution >= 0.6 is 0 Å². The number of benzene rings is 2. The Bertz CT molecular complexity index is 744. The molecule has 0 aliphatic heterocycles. The lowest BCUT2D eigenvalue weighted by Gasteiger charge is -2.12. The first-order chi connectivity index (χ1) is 11.3. The van der Waals surface area contributed by atoms with Gasteiger partial charge >= 0.3 is 0 Å². The Morgan fingerprint density at radius 3 is 2.38 bits per heavy atom. The van der Waals surface area contributed by atoms with Gasteiger partial charge in [0.2, 0.25) is 5.91 Å². The van der Waals surface area contributed by atoms with Crippen LogP contribution < -0.4 is 15.8 Å². The zero-order valence-corrected chi connectivity index (χ0v) is 14.6. The second-order valence-corrected chi connectivity index (χ2v) is 6.16. The number of nitrogens with two attached hydrogens (primary N) is 1. The number of carbonyl (C=O) groups is 1. The molecule has 0 saturated heterocycles. The Morgan fingerprint density at radius 2 is 1.79 bits per heavy atom. The van der Waals surface area contributed by atoms with E-state index in [4.69, 9.17) is 10.5 Å². The average molecular weight is 324 g/mol. The maximum atomic E-state index is 12.1. The molecule has 0 atom stereocenters. The van der Waals surface area contributed by atoms with E-state index in [1.54, 1.807) is 12.1 Å². The number of amides is 1. The van der Waals surface area contributed by atoms with Crippen LogP contribution in [-0.2, 0) is 4.79 Å². The molecule has 0 unspecified atom stereocenters. The van der Waals surface area contributed by atoms with Gasteiger partial charge in [0.1, 0.15) is 5.75 Å². The number of aryl methyl sites for hydroxylation is 2. The van der Waals surface area contributed by atoms with Gasteiger partial charge in [-0.05, 0) is 74.7 Å². The summed E-state index contributed by atoms with van der Waals surface area (Å²) in [6.45, 7) is 7.90. The summed E-state index contributed by atoms with van der Waals surface area (Å²) in [7, 11) is 0. The molecule has 0 aliphatic carbocycles. The average Bonchev–Trinajstić information content (AvgIpc) is 2.46. The van der Waals surface area contributed by atoms with Crippen LogP contribution in [-0.4, -0.2) is 12.0 Å². The Balaban J connectivity index is 2.04. The largest absolute Gasteiger partial charge is 0.489 e. The predicted octanol–water partition coefficient (Wildman–Crippen LogP) is 4.32. The minimum atomic E-state index is -0.180. The van der Waals surface area contributed by atoms with Gasteiger partial charge in [-0.25, -0.2) is 0 Å². The van der Waals surface area contributed by atoms with Crippen molar-refractivity contribution in [2.24, 2.45) is 0 Å².